The van der Waals surface area contributed by atoms with Crippen LogP contribution in [-0.2, 0) is 19.6 Å². The van der Waals surface area contributed by atoms with Crippen LogP contribution < -0.4 is 5.32 Å². The molecule has 108 valence electrons. The molecule has 0 aliphatic heterocycles. The van der Waals surface area contributed by atoms with E-state index in [-0.39, 0.29) is 0 Å². The van der Waals surface area contributed by atoms with E-state index >= 15 is 0 Å². The van der Waals surface area contributed by atoms with Crippen LogP contribution >= 0.6 is 0 Å². The van der Waals surface area contributed by atoms with Crippen LogP contribution in [0.5, 0.6) is 0 Å². The third kappa shape index (κ3) is 4.47. The first-order chi connectivity index (χ1) is 9.79. The van der Waals surface area contributed by atoms with Gasteiger partial charge in [0.15, 0.2) is 0 Å². The van der Waals surface area contributed by atoms with Gasteiger partial charge >= 0.3 is 0 Å². The molecule has 2 heterocycles. The summed E-state index contributed by atoms with van der Waals surface area (Å²) < 4.78 is 5.61. The molecule has 0 unspecified atom stereocenters. The van der Waals surface area contributed by atoms with Crippen LogP contribution in [0.4, 0.5) is 0 Å². The Morgan fingerprint density at radius 1 is 1.30 bits per heavy atom. The Morgan fingerprint density at radius 3 is 2.95 bits per heavy atom. The molecule has 0 aromatic carbocycles. The number of hydrogen-bond donors (Lipinski definition) is 1. The van der Waals surface area contributed by atoms with Gasteiger partial charge in [-0.2, -0.15) is 0 Å². The number of rotatable bonds is 8. The zero-order chi connectivity index (χ0) is 14.2. The summed E-state index contributed by atoms with van der Waals surface area (Å²) in [6.45, 7) is 5.77. The van der Waals surface area contributed by atoms with Crippen molar-refractivity contribution >= 4 is 0 Å². The highest BCUT2D eigenvalue weighted by molar-refractivity contribution is 5.17. The van der Waals surface area contributed by atoms with E-state index in [0.29, 0.717) is 0 Å². The van der Waals surface area contributed by atoms with E-state index in [9.17, 15) is 0 Å². The summed E-state index contributed by atoms with van der Waals surface area (Å²) in [7, 11) is 2.10. The minimum atomic E-state index is 0.811. The number of nitrogens with zero attached hydrogens (tertiary/aromatic N) is 2. The van der Waals surface area contributed by atoms with Gasteiger partial charge in [-0.25, -0.2) is 0 Å². The quantitative estimate of drug-likeness (QED) is 0.751. The number of nitrogens with one attached hydrogen (secondary N) is 1. The highest BCUT2D eigenvalue weighted by atomic mass is 16.3. The largest absolute Gasteiger partial charge is 0.468 e. The monoisotopic (exact) mass is 273 g/mol. The van der Waals surface area contributed by atoms with E-state index in [1.165, 1.54) is 11.1 Å². The second kappa shape index (κ2) is 7.82. The van der Waals surface area contributed by atoms with Crippen molar-refractivity contribution in [3.8, 4) is 0 Å². The van der Waals surface area contributed by atoms with Gasteiger partial charge in [-0.3, -0.25) is 9.88 Å². The second-order valence-electron chi connectivity index (χ2n) is 5.08. The minimum Gasteiger partial charge on any atom is -0.468 e. The van der Waals surface area contributed by atoms with Crippen LogP contribution in [0.3, 0.4) is 0 Å². The van der Waals surface area contributed by atoms with Crippen LogP contribution in [0.15, 0.2) is 41.3 Å². The van der Waals surface area contributed by atoms with E-state index in [1.807, 2.05) is 12.3 Å². The fourth-order valence-corrected chi connectivity index (χ4v) is 2.17. The van der Waals surface area contributed by atoms with E-state index in [4.69, 9.17) is 4.42 Å². The number of aromatic nitrogens is 1. The van der Waals surface area contributed by atoms with Crippen LogP contribution in [0.25, 0.3) is 0 Å². The minimum absolute atomic E-state index is 0.811. The highest BCUT2D eigenvalue weighted by Gasteiger charge is 2.09. The van der Waals surface area contributed by atoms with E-state index in [1.54, 1.807) is 12.5 Å². The number of hydrogen-bond acceptors (Lipinski definition) is 4. The van der Waals surface area contributed by atoms with Crippen molar-refractivity contribution < 1.29 is 4.42 Å². The SMILES string of the molecule is CCCNCc1ccoc1CN(C)Cc1cccnc1. The molecule has 4 heteroatoms. The van der Waals surface area contributed by atoms with Gasteiger partial charge in [-0.15, -0.1) is 0 Å². The maximum absolute atomic E-state index is 5.61. The van der Waals surface area contributed by atoms with Gasteiger partial charge in [-0.05, 0) is 37.7 Å². The molecule has 2 aromatic heterocycles. The molecular formula is C16H23N3O. The van der Waals surface area contributed by atoms with E-state index in [2.05, 4.69) is 41.3 Å². The first kappa shape index (κ1) is 14.8. The van der Waals surface area contributed by atoms with Crippen LogP contribution in [0.1, 0.15) is 30.2 Å². The van der Waals surface area contributed by atoms with Gasteiger partial charge in [0, 0.05) is 31.0 Å². The fraction of sp³-hybridized carbons (Fsp3) is 0.438. The summed E-state index contributed by atoms with van der Waals surface area (Å²) in [5.41, 5.74) is 2.46. The maximum Gasteiger partial charge on any atom is 0.122 e. The topological polar surface area (TPSA) is 41.3 Å². The van der Waals surface area contributed by atoms with Crippen molar-refractivity contribution in [1.29, 1.82) is 0 Å². The summed E-state index contributed by atoms with van der Waals surface area (Å²) in [5, 5.41) is 3.41. The summed E-state index contributed by atoms with van der Waals surface area (Å²) in [6, 6.07) is 6.11. The summed E-state index contributed by atoms with van der Waals surface area (Å²) >= 11 is 0. The van der Waals surface area contributed by atoms with Gasteiger partial charge in [0.25, 0.3) is 0 Å². The van der Waals surface area contributed by atoms with Gasteiger partial charge in [0.05, 0.1) is 12.8 Å². The third-order valence-corrected chi connectivity index (χ3v) is 3.17. The smallest absolute Gasteiger partial charge is 0.122 e. The Balaban J connectivity index is 1.88. The average Bonchev–Trinajstić information content (AvgIpc) is 2.87. The number of pyridine rings is 1. The van der Waals surface area contributed by atoms with Gasteiger partial charge < -0.3 is 9.73 Å². The molecule has 0 radical (unpaired) electrons. The molecule has 4 nitrogen and oxygen atoms in total. The third-order valence-electron chi connectivity index (χ3n) is 3.17. The van der Waals surface area contributed by atoms with Crippen molar-refractivity contribution in [3.05, 3.63) is 53.7 Å². The van der Waals surface area contributed by atoms with Crippen LogP contribution in [0, 0.1) is 0 Å². The van der Waals surface area contributed by atoms with Crippen molar-refractivity contribution in [2.45, 2.75) is 33.0 Å². The first-order valence-electron chi connectivity index (χ1n) is 7.13. The lowest BCUT2D eigenvalue weighted by Gasteiger charge is -2.16. The maximum atomic E-state index is 5.61. The average molecular weight is 273 g/mol. The van der Waals surface area contributed by atoms with Gasteiger partial charge in [-0.1, -0.05) is 13.0 Å². The molecule has 0 aliphatic rings. The predicted molar refractivity (Wildman–Crippen MR) is 80.1 cm³/mol. The van der Waals surface area contributed by atoms with E-state index < -0.39 is 0 Å². The zero-order valence-corrected chi connectivity index (χ0v) is 12.3. The van der Waals surface area contributed by atoms with Gasteiger partial charge in [0.2, 0.25) is 0 Å². The molecule has 2 rings (SSSR count). The summed E-state index contributed by atoms with van der Waals surface area (Å²) in [4.78, 5) is 6.38. The molecule has 2 aromatic rings. The molecule has 0 aliphatic carbocycles. The highest BCUT2D eigenvalue weighted by Crippen LogP contribution is 2.14. The van der Waals surface area contributed by atoms with Crippen molar-refractivity contribution in [1.82, 2.24) is 15.2 Å². The molecule has 0 spiro atoms. The zero-order valence-electron chi connectivity index (χ0n) is 12.3. The Morgan fingerprint density at radius 2 is 2.20 bits per heavy atom. The Bertz CT molecular complexity index is 495. The standard InChI is InChI=1S/C16H23N3O/c1-3-7-17-11-15-6-9-20-16(15)13-19(2)12-14-5-4-8-18-10-14/h4-6,8-10,17H,3,7,11-13H2,1-2H3. The number of furan rings is 1. The van der Waals surface area contributed by atoms with Crippen molar-refractivity contribution in [2.75, 3.05) is 13.6 Å². The Labute approximate surface area is 120 Å². The summed E-state index contributed by atoms with van der Waals surface area (Å²) in [6.07, 6.45) is 6.63. The Hall–Kier alpha value is -1.65. The lowest BCUT2D eigenvalue weighted by Crippen LogP contribution is -2.19. The normalized spacial score (nSPS) is 11.2. The van der Waals surface area contributed by atoms with Crippen LogP contribution in [-0.4, -0.2) is 23.5 Å². The second-order valence-corrected chi connectivity index (χ2v) is 5.08. The van der Waals surface area contributed by atoms with Gasteiger partial charge in [0.1, 0.15) is 5.76 Å². The summed E-state index contributed by atoms with van der Waals surface area (Å²) in [5.74, 6) is 1.04. The van der Waals surface area contributed by atoms with Crippen molar-refractivity contribution in [2.24, 2.45) is 0 Å². The molecule has 0 saturated carbocycles. The predicted octanol–water partition coefficient (Wildman–Crippen LogP) is 2.81. The molecule has 0 bridgehead atoms. The molecule has 0 saturated heterocycles. The molecule has 0 amide bonds. The van der Waals surface area contributed by atoms with Crippen LogP contribution in [0.2, 0.25) is 0 Å². The lowest BCUT2D eigenvalue weighted by atomic mass is 10.2. The molecule has 0 fully saturated rings. The lowest BCUT2D eigenvalue weighted by molar-refractivity contribution is 0.285. The van der Waals surface area contributed by atoms with Crippen molar-refractivity contribution in [3.63, 3.8) is 0 Å². The fourth-order valence-electron chi connectivity index (χ4n) is 2.17. The van der Waals surface area contributed by atoms with E-state index in [0.717, 1.165) is 38.4 Å². The molecule has 0 atom stereocenters. The Kier molecular flexibility index (Phi) is 5.77. The molecule has 1 N–H and O–H groups in total. The molecule has 20 heavy (non-hydrogen) atoms. The molecular weight excluding hydrogens is 250 g/mol. The first-order valence-corrected chi connectivity index (χ1v) is 7.13.